The number of guanidine groups is 1. The van der Waals surface area contributed by atoms with Crippen LogP contribution in [0.15, 0.2) is 23.3 Å². The molecule has 0 amide bonds. The average Bonchev–Trinajstić information content (AvgIpc) is 2.34. The first-order valence-corrected chi connectivity index (χ1v) is 4.70. The maximum atomic E-state index is 11.1. The number of ether oxygens (including phenoxy) is 2. The maximum absolute atomic E-state index is 11.1. The van der Waals surface area contributed by atoms with E-state index in [0.29, 0.717) is 17.1 Å². The van der Waals surface area contributed by atoms with Crippen molar-refractivity contribution in [3.05, 3.63) is 29.0 Å². The fourth-order valence-corrected chi connectivity index (χ4v) is 1.18. The number of hydrogen-bond donors (Lipinski definition) is 2. The van der Waals surface area contributed by atoms with Gasteiger partial charge in [-0.2, -0.15) is 0 Å². The Labute approximate surface area is 98.5 Å². The van der Waals surface area contributed by atoms with Crippen LogP contribution in [0.25, 0.3) is 0 Å². The van der Waals surface area contributed by atoms with Gasteiger partial charge in [-0.25, -0.2) is 0 Å². The summed E-state index contributed by atoms with van der Waals surface area (Å²) in [7, 11) is 3.01. The minimum atomic E-state index is -0.449. The molecule has 0 saturated carbocycles. The lowest BCUT2D eigenvalue weighted by Crippen LogP contribution is -2.30. The van der Waals surface area contributed by atoms with Gasteiger partial charge in [-0.3, -0.25) is 11.5 Å². The van der Waals surface area contributed by atoms with Gasteiger partial charge in [0.25, 0.3) is 0 Å². The Hall–Kier alpha value is -2.44. The third kappa shape index (κ3) is 3.00. The van der Waals surface area contributed by atoms with Crippen molar-refractivity contribution in [1.82, 2.24) is 0 Å². The summed E-state index contributed by atoms with van der Waals surface area (Å²) in [6.07, 6.45) is 1.27. The monoisotopic (exact) mass is 238 g/mol. The minimum Gasteiger partial charge on any atom is -0.722 e. The molecule has 0 aliphatic rings. The molecule has 17 heavy (non-hydrogen) atoms. The van der Waals surface area contributed by atoms with Crippen LogP contribution < -0.4 is 20.9 Å². The number of rotatable bonds is 4. The van der Waals surface area contributed by atoms with Crippen molar-refractivity contribution in [2.75, 3.05) is 14.2 Å². The molecule has 0 aromatic heterocycles. The largest absolute Gasteiger partial charge is 0.722 e. The van der Waals surface area contributed by atoms with Crippen molar-refractivity contribution in [2.45, 2.75) is 0 Å². The van der Waals surface area contributed by atoms with Crippen LogP contribution in [0, 0.1) is 5.21 Å². The van der Waals surface area contributed by atoms with Gasteiger partial charge in [0.2, 0.25) is 0 Å². The van der Waals surface area contributed by atoms with Crippen LogP contribution in [0.1, 0.15) is 5.56 Å². The van der Waals surface area contributed by atoms with E-state index >= 15 is 0 Å². The van der Waals surface area contributed by atoms with Crippen LogP contribution in [-0.2, 0) is 0 Å². The molecular formula is C10H14N4O3. The van der Waals surface area contributed by atoms with Crippen molar-refractivity contribution in [3.8, 4) is 11.5 Å². The van der Waals surface area contributed by atoms with Crippen LogP contribution in [0.2, 0.25) is 0 Å². The van der Waals surface area contributed by atoms with Crippen LogP contribution >= 0.6 is 0 Å². The number of nitrogens with two attached hydrogens (primary N) is 2. The van der Waals surface area contributed by atoms with E-state index in [1.54, 1.807) is 18.2 Å². The van der Waals surface area contributed by atoms with Gasteiger partial charge < -0.3 is 14.7 Å². The number of hydrazone groups is 1. The molecule has 92 valence electrons. The zero-order valence-electron chi connectivity index (χ0n) is 9.58. The SMILES string of the molecule is COc1cccc(OC)c1C=N[N+]([O-])=C(N)N. The molecule has 4 N–H and O–H groups in total. The van der Waals surface area contributed by atoms with Gasteiger partial charge in [0.1, 0.15) is 11.5 Å². The summed E-state index contributed by atoms with van der Waals surface area (Å²) in [6, 6.07) is 5.19. The Kier molecular flexibility index (Phi) is 4.15. The second-order valence-corrected chi connectivity index (χ2v) is 3.02. The van der Waals surface area contributed by atoms with Crippen LogP contribution in [-0.4, -0.2) is 31.2 Å². The summed E-state index contributed by atoms with van der Waals surface area (Å²) in [6.45, 7) is 0. The molecule has 0 saturated heterocycles. The van der Waals surface area contributed by atoms with Crippen molar-refractivity contribution in [3.63, 3.8) is 0 Å². The Morgan fingerprint density at radius 3 is 2.24 bits per heavy atom. The maximum Gasteiger partial charge on any atom is 0.366 e. The molecular weight excluding hydrogens is 224 g/mol. The topological polar surface area (TPSA) is 109 Å². The van der Waals surface area contributed by atoms with E-state index in [1.165, 1.54) is 20.4 Å². The Morgan fingerprint density at radius 1 is 1.29 bits per heavy atom. The van der Waals surface area contributed by atoms with Crippen molar-refractivity contribution in [2.24, 2.45) is 16.6 Å². The molecule has 0 heterocycles. The molecule has 0 aliphatic heterocycles. The summed E-state index contributed by atoms with van der Waals surface area (Å²) in [4.78, 5) is 0.103. The summed E-state index contributed by atoms with van der Waals surface area (Å²) >= 11 is 0. The Morgan fingerprint density at radius 2 is 1.82 bits per heavy atom. The number of hydrogen-bond acceptors (Lipinski definition) is 4. The van der Waals surface area contributed by atoms with E-state index in [0.717, 1.165) is 0 Å². The number of benzene rings is 1. The van der Waals surface area contributed by atoms with E-state index in [-0.39, 0.29) is 4.85 Å². The van der Waals surface area contributed by atoms with Gasteiger partial charge >= 0.3 is 5.96 Å². The standard InChI is InChI=1S/C10H14N4O3/c1-16-8-4-3-5-9(17-2)7(8)6-13-14(15)10(11)12/h3-6H,11-12H2,1-2H3. The van der Waals surface area contributed by atoms with E-state index in [1.807, 2.05) is 0 Å². The molecule has 7 heteroatoms. The van der Waals surface area contributed by atoms with Crippen molar-refractivity contribution < 1.29 is 14.3 Å². The molecule has 1 aromatic carbocycles. The molecule has 1 aromatic rings. The highest BCUT2D eigenvalue weighted by molar-refractivity contribution is 5.87. The van der Waals surface area contributed by atoms with E-state index in [2.05, 4.69) is 5.10 Å². The second-order valence-electron chi connectivity index (χ2n) is 3.02. The molecule has 1 rings (SSSR count). The molecule has 0 unspecified atom stereocenters. The first kappa shape index (κ1) is 12.6. The summed E-state index contributed by atoms with van der Waals surface area (Å²) < 4.78 is 10.2. The fraction of sp³-hybridized carbons (Fsp3) is 0.200. The van der Waals surface area contributed by atoms with Gasteiger partial charge in [0.15, 0.2) is 0 Å². The first-order valence-electron chi connectivity index (χ1n) is 4.70. The van der Waals surface area contributed by atoms with E-state index in [4.69, 9.17) is 20.9 Å². The molecule has 0 bridgehead atoms. The normalized spacial score (nSPS) is 10.2. The molecule has 0 fully saturated rings. The highest BCUT2D eigenvalue weighted by Gasteiger charge is 2.07. The van der Waals surface area contributed by atoms with E-state index < -0.39 is 5.96 Å². The molecule has 0 radical (unpaired) electrons. The lowest BCUT2D eigenvalue weighted by atomic mass is 10.2. The Bertz CT molecular complexity index is 431. The summed E-state index contributed by atoms with van der Waals surface area (Å²) in [5.74, 6) is 0.601. The molecule has 0 atom stereocenters. The Balaban J connectivity index is 3.16. The predicted molar refractivity (Wildman–Crippen MR) is 64.1 cm³/mol. The van der Waals surface area contributed by atoms with Gasteiger partial charge in [0.05, 0.1) is 26.0 Å². The van der Waals surface area contributed by atoms with Gasteiger partial charge in [0, 0.05) is 0 Å². The van der Waals surface area contributed by atoms with Crippen molar-refractivity contribution >= 4 is 12.2 Å². The highest BCUT2D eigenvalue weighted by atomic mass is 16.5. The number of nitrogens with zero attached hydrogens (tertiary/aromatic N) is 2. The van der Waals surface area contributed by atoms with E-state index in [9.17, 15) is 5.21 Å². The first-order chi connectivity index (χ1) is 8.10. The molecule has 0 aliphatic carbocycles. The van der Waals surface area contributed by atoms with Crippen LogP contribution in [0.4, 0.5) is 0 Å². The summed E-state index contributed by atoms with van der Waals surface area (Å²) in [5.41, 5.74) is 10.7. The quantitative estimate of drug-likeness (QED) is 0.249. The fourth-order valence-electron chi connectivity index (χ4n) is 1.18. The summed E-state index contributed by atoms with van der Waals surface area (Å²) in [5, 5.41) is 14.6. The average molecular weight is 238 g/mol. The predicted octanol–water partition coefficient (Wildman–Crippen LogP) is -0.179. The van der Waals surface area contributed by atoms with Crippen LogP contribution in [0.5, 0.6) is 11.5 Å². The van der Waals surface area contributed by atoms with Gasteiger partial charge in [-0.15, -0.1) is 9.95 Å². The zero-order chi connectivity index (χ0) is 12.8. The third-order valence-corrected chi connectivity index (χ3v) is 1.98. The molecule has 0 spiro atoms. The highest BCUT2D eigenvalue weighted by Crippen LogP contribution is 2.26. The van der Waals surface area contributed by atoms with Gasteiger partial charge in [-0.1, -0.05) is 6.07 Å². The van der Waals surface area contributed by atoms with Crippen molar-refractivity contribution in [1.29, 1.82) is 0 Å². The second kappa shape index (κ2) is 5.59. The van der Waals surface area contributed by atoms with Crippen LogP contribution in [0.3, 0.4) is 0 Å². The van der Waals surface area contributed by atoms with Gasteiger partial charge in [-0.05, 0) is 12.1 Å². The smallest absolute Gasteiger partial charge is 0.366 e. The minimum absolute atomic E-state index is 0.103. The lowest BCUT2D eigenvalue weighted by Gasteiger charge is -2.09. The zero-order valence-corrected chi connectivity index (χ0v) is 9.58. The molecule has 7 nitrogen and oxygen atoms in total. The number of methoxy groups -OCH3 is 2. The third-order valence-electron chi connectivity index (χ3n) is 1.98. The lowest BCUT2D eigenvalue weighted by molar-refractivity contribution is -0.463.